The number of aromatic hydroxyl groups is 1. The number of phenolic OH excluding ortho intramolecular Hbond substituents is 1. The minimum absolute atomic E-state index is 0.0378. The van der Waals surface area contributed by atoms with Crippen molar-refractivity contribution in [1.82, 2.24) is 5.32 Å². The molecule has 25 heavy (non-hydrogen) atoms. The van der Waals surface area contributed by atoms with Gasteiger partial charge in [-0.1, -0.05) is 23.7 Å². The number of halogens is 1. The Labute approximate surface area is 150 Å². The lowest BCUT2D eigenvalue weighted by molar-refractivity contribution is -0.142. The number of carbonyl (C=O) groups excluding carboxylic acids is 2. The standard InChI is InChI=1S/C18H18ClNO5/c1-24-16-7-6-11(8-14(16)19)9-15(18(23)25-2)20-17(22)12-4-3-5-13(21)10-12/h3-8,10,15,21H,9H2,1-2H3,(H,20,22)/t15-/m1/s1. The Bertz CT molecular complexity index is 778. The molecular weight excluding hydrogens is 346 g/mol. The van der Waals surface area contributed by atoms with Gasteiger partial charge in [0, 0.05) is 12.0 Å². The van der Waals surface area contributed by atoms with Crippen LogP contribution in [0.25, 0.3) is 0 Å². The Morgan fingerprint density at radius 1 is 1.20 bits per heavy atom. The highest BCUT2D eigenvalue weighted by atomic mass is 35.5. The summed E-state index contributed by atoms with van der Waals surface area (Å²) in [4.78, 5) is 24.3. The number of ether oxygens (including phenoxy) is 2. The van der Waals surface area contributed by atoms with Crippen molar-refractivity contribution in [2.75, 3.05) is 14.2 Å². The van der Waals surface area contributed by atoms with Gasteiger partial charge in [0.15, 0.2) is 0 Å². The van der Waals surface area contributed by atoms with Gasteiger partial charge in [0.25, 0.3) is 5.91 Å². The molecule has 0 saturated heterocycles. The smallest absolute Gasteiger partial charge is 0.328 e. The second-order valence-electron chi connectivity index (χ2n) is 5.27. The van der Waals surface area contributed by atoms with Gasteiger partial charge in [-0.15, -0.1) is 0 Å². The molecule has 0 bridgehead atoms. The number of carbonyl (C=O) groups is 2. The molecule has 0 spiro atoms. The van der Waals surface area contributed by atoms with Crippen molar-refractivity contribution < 1.29 is 24.2 Å². The van der Waals surface area contributed by atoms with Crippen LogP contribution in [0.5, 0.6) is 11.5 Å². The van der Waals surface area contributed by atoms with Crippen LogP contribution >= 0.6 is 11.6 Å². The molecule has 1 atom stereocenters. The van der Waals surface area contributed by atoms with Gasteiger partial charge < -0.3 is 19.9 Å². The van der Waals surface area contributed by atoms with E-state index in [-0.39, 0.29) is 17.7 Å². The first kappa shape index (κ1) is 18.6. The van der Waals surface area contributed by atoms with Crippen LogP contribution in [0.3, 0.4) is 0 Å². The predicted molar refractivity (Wildman–Crippen MR) is 93.1 cm³/mol. The molecule has 1 amide bonds. The third kappa shape index (κ3) is 4.87. The highest BCUT2D eigenvalue weighted by Crippen LogP contribution is 2.25. The summed E-state index contributed by atoms with van der Waals surface area (Å²) in [6.45, 7) is 0. The normalized spacial score (nSPS) is 11.5. The fraction of sp³-hybridized carbons (Fsp3) is 0.222. The van der Waals surface area contributed by atoms with Gasteiger partial charge in [-0.25, -0.2) is 4.79 Å². The zero-order chi connectivity index (χ0) is 18.4. The SMILES string of the molecule is COC(=O)[C@@H](Cc1ccc(OC)c(Cl)c1)NC(=O)c1cccc(O)c1. The number of benzene rings is 2. The van der Waals surface area contributed by atoms with Gasteiger partial charge in [-0.3, -0.25) is 4.79 Å². The van der Waals surface area contributed by atoms with E-state index in [0.717, 1.165) is 5.56 Å². The Hall–Kier alpha value is -2.73. The Morgan fingerprint density at radius 2 is 1.96 bits per heavy atom. The van der Waals surface area contributed by atoms with Gasteiger partial charge in [-0.05, 0) is 35.9 Å². The van der Waals surface area contributed by atoms with Crippen LogP contribution in [0.2, 0.25) is 5.02 Å². The van der Waals surface area contributed by atoms with Gasteiger partial charge in [0.1, 0.15) is 17.5 Å². The molecule has 0 fully saturated rings. The zero-order valence-electron chi connectivity index (χ0n) is 13.8. The van der Waals surface area contributed by atoms with E-state index in [9.17, 15) is 14.7 Å². The largest absolute Gasteiger partial charge is 0.508 e. The van der Waals surface area contributed by atoms with E-state index in [2.05, 4.69) is 5.32 Å². The van der Waals surface area contributed by atoms with Crippen LogP contribution in [0.4, 0.5) is 0 Å². The number of hydrogen-bond donors (Lipinski definition) is 2. The number of hydrogen-bond acceptors (Lipinski definition) is 5. The van der Waals surface area contributed by atoms with Crippen molar-refractivity contribution in [2.24, 2.45) is 0 Å². The number of phenols is 1. The van der Waals surface area contributed by atoms with Crippen molar-refractivity contribution >= 4 is 23.5 Å². The summed E-state index contributed by atoms with van der Waals surface area (Å²) in [6.07, 6.45) is 0.195. The highest BCUT2D eigenvalue weighted by molar-refractivity contribution is 6.32. The minimum Gasteiger partial charge on any atom is -0.508 e. The van der Waals surface area contributed by atoms with E-state index in [4.69, 9.17) is 21.1 Å². The van der Waals surface area contributed by atoms with Gasteiger partial charge in [-0.2, -0.15) is 0 Å². The molecule has 2 aromatic carbocycles. The maximum Gasteiger partial charge on any atom is 0.328 e. The summed E-state index contributed by atoms with van der Waals surface area (Å²) in [5.74, 6) is -0.598. The predicted octanol–water partition coefficient (Wildman–Crippen LogP) is 2.57. The second kappa shape index (κ2) is 8.39. The zero-order valence-corrected chi connectivity index (χ0v) is 14.5. The van der Waals surface area contributed by atoms with Crippen LogP contribution in [0, 0.1) is 0 Å². The van der Waals surface area contributed by atoms with E-state index in [1.165, 1.54) is 32.4 Å². The molecule has 132 valence electrons. The quantitative estimate of drug-likeness (QED) is 0.770. The molecule has 0 aliphatic carbocycles. The van der Waals surface area contributed by atoms with Gasteiger partial charge in [0.2, 0.25) is 0 Å². The molecule has 6 nitrogen and oxygen atoms in total. The van der Waals surface area contributed by atoms with E-state index in [0.29, 0.717) is 10.8 Å². The molecule has 0 saturated carbocycles. The first-order valence-electron chi connectivity index (χ1n) is 7.44. The van der Waals surface area contributed by atoms with Crippen LogP contribution in [-0.4, -0.2) is 37.2 Å². The fourth-order valence-electron chi connectivity index (χ4n) is 2.30. The lowest BCUT2D eigenvalue weighted by Crippen LogP contribution is -2.43. The van der Waals surface area contributed by atoms with Crippen molar-refractivity contribution in [3.63, 3.8) is 0 Å². The van der Waals surface area contributed by atoms with E-state index >= 15 is 0 Å². The topological polar surface area (TPSA) is 84.9 Å². The van der Waals surface area contributed by atoms with Crippen molar-refractivity contribution in [3.05, 3.63) is 58.6 Å². The molecule has 0 aromatic heterocycles. The summed E-state index contributed by atoms with van der Waals surface area (Å²) in [7, 11) is 2.75. The molecule has 2 aromatic rings. The van der Waals surface area contributed by atoms with Crippen molar-refractivity contribution in [3.8, 4) is 11.5 Å². The molecule has 0 heterocycles. The number of esters is 1. The molecule has 0 unspecified atom stereocenters. The highest BCUT2D eigenvalue weighted by Gasteiger charge is 2.23. The third-order valence-electron chi connectivity index (χ3n) is 3.56. The first-order chi connectivity index (χ1) is 11.9. The number of rotatable bonds is 6. The minimum atomic E-state index is -0.899. The van der Waals surface area contributed by atoms with Gasteiger partial charge in [0.05, 0.1) is 19.2 Å². The van der Waals surface area contributed by atoms with E-state index in [1.807, 2.05) is 0 Å². The Balaban J connectivity index is 2.17. The summed E-state index contributed by atoms with van der Waals surface area (Å²) >= 11 is 6.09. The first-order valence-corrected chi connectivity index (χ1v) is 7.82. The summed E-state index contributed by atoms with van der Waals surface area (Å²) in [5.41, 5.74) is 0.971. The van der Waals surface area contributed by atoms with Gasteiger partial charge >= 0.3 is 5.97 Å². The Kier molecular flexibility index (Phi) is 6.25. The molecule has 7 heteroatoms. The summed E-state index contributed by atoms with van der Waals surface area (Å²) < 4.78 is 9.85. The maximum atomic E-state index is 12.3. The van der Waals surface area contributed by atoms with Crippen LogP contribution in [-0.2, 0) is 16.0 Å². The number of amides is 1. The van der Waals surface area contributed by atoms with Crippen molar-refractivity contribution in [1.29, 1.82) is 0 Å². The molecule has 0 aliphatic rings. The average Bonchev–Trinajstić information content (AvgIpc) is 2.60. The van der Waals surface area contributed by atoms with Crippen LogP contribution in [0.1, 0.15) is 15.9 Å². The molecule has 2 rings (SSSR count). The fourth-order valence-corrected chi connectivity index (χ4v) is 2.58. The molecule has 0 aliphatic heterocycles. The molecule has 0 radical (unpaired) electrons. The lowest BCUT2D eigenvalue weighted by Gasteiger charge is -2.17. The van der Waals surface area contributed by atoms with E-state index < -0.39 is 17.9 Å². The summed E-state index contributed by atoms with van der Waals surface area (Å²) in [6, 6.07) is 10.0. The van der Waals surface area contributed by atoms with Crippen LogP contribution in [0.15, 0.2) is 42.5 Å². The average molecular weight is 364 g/mol. The van der Waals surface area contributed by atoms with Crippen molar-refractivity contribution in [2.45, 2.75) is 12.5 Å². The lowest BCUT2D eigenvalue weighted by atomic mass is 10.0. The summed E-state index contributed by atoms with van der Waals surface area (Å²) in [5, 5.41) is 12.5. The number of nitrogens with one attached hydrogen (secondary N) is 1. The molecule has 2 N–H and O–H groups in total. The molecular formula is C18H18ClNO5. The third-order valence-corrected chi connectivity index (χ3v) is 3.85. The van der Waals surface area contributed by atoms with Crippen LogP contribution < -0.4 is 10.1 Å². The maximum absolute atomic E-state index is 12.3. The van der Waals surface area contributed by atoms with E-state index in [1.54, 1.807) is 24.3 Å². The number of methoxy groups -OCH3 is 2. The Morgan fingerprint density at radius 3 is 2.56 bits per heavy atom. The monoisotopic (exact) mass is 363 g/mol. The second-order valence-corrected chi connectivity index (χ2v) is 5.68.